The van der Waals surface area contributed by atoms with Crippen LogP contribution in [0.5, 0.6) is 5.75 Å². The van der Waals surface area contributed by atoms with E-state index < -0.39 is 0 Å². The molecule has 0 amide bonds. The Labute approximate surface area is 125 Å². The van der Waals surface area contributed by atoms with Gasteiger partial charge >= 0.3 is 5.97 Å². The molecule has 2 aromatic carbocycles. The number of rotatable bonds is 5. The molecule has 0 saturated carbocycles. The highest BCUT2D eigenvalue weighted by molar-refractivity contribution is 5.92. The maximum absolute atomic E-state index is 12.3. The molecule has 21 heavy (non-hydrogen) atoms. The summed E-state index contributed by atoms with van der Waals surface area (Å²) in [7, 11) is 0. The van der Waals surface area contributed by atoms with Gasteiger partial charge < -0.3 is 9.47 Å². The monoisotopic (exact) mass is 284 g/mol. The summed E-state index contributed by atoms with van der Waals surface area (Å²) >= 11 is 0. The normalized spacial score (nSPS) is 11.8. The summed E-state index contributed by atoms with van der Waals surface area (Å²) in [5.74, 6) is 0.191. The molecule has 0 fully saturated rings. The third-order valence-corrected chi connectivity index (χ3v) is 3.32. The molecule has 2 aromatic rings. The lowest BCUT2D eigenvalue weighted by Gasteiger charge is -2.17. The summed E-state index contributed by atoms with van der Waals surface area (Å²) in [5, 5.41) is 0. The summed E-state index contributed by atoms with van der Waals surface area (Å²) < 4.78 is 11.0. The first-order valence-electron chi connectivity index (χ1n) is 7.11. The van der Waals surface area contributed by atoms with Crippen molar-refractivity contribution in [2.45, 2.75) is 26.9 Å². The van der Waals surface area contributed by atoms with E-state index in [0.717, 1.165) is 11.1 Å². The Hall–Kier alpha value is -2.29. The minimum absolute atomic E-state index is 0.298. The van der Waals surface area contributed by atoms with Gasteiger partial charge in [0.1, 0.15) is 17.4 Å². The topological polar surface area (TPSA) is 35.5 Å². The fourth-order valence-electron chi connectivity index (χ4n) is 2.25. The van der Waals surface area contributed by atoms with Crippen LogP contribution >= 0.6 is 0 Å². The molecule has 0 radical (unpaired) electrons. The lowest BCUT2D eigenvalue weighted by atomic mass is 10.0. The largest absolute Gasteiger partial charge is 0.493 e. The van der Waals surface area contributed by atoms with Crippen molar-refractivity contribution in [2.75, 3.05) is 6.61 Å². The van der Waals surface area contributed by atoms with Crippen LogP contribution in [0, 0.1) is 6.92 Å². The number of para-hydroxylation sites is 1. The maximum atomic E-state index is 12.3. The van der Waals surface area contributed by atoms with Crippen molar-refractivity contribution >= 4 is 5.97 Å². The van der Waals surface area contributed by atoms with Crippen LogP contribution in [0.4, 0.5) is 0 Å². The van der Waals surface area contributed by atoms with Gasteiger partial charge in [0.05, 0.1) is 6.61 Å². The summed E-state index contributed by atoms with van der Waals surface area (Å²) in [6.07, 6.45) is -0.298. The summed E-state index contributed by atoms with van der Waals surface area (Å²) in [6, 6.07) is 15.0. The Bertz CT molecular complexity index is 619. The molecule has 0 bridgehead atoms. The van der Waals surface area contributed by atoms with E-state index in [2.05, 4.69) is 0 Å². The molecule has 1 unspecified atom stereocenters. The standard InChI is InChI=1S/C18H20O3/c1-4-20-17-12-8-7-11-16(17)18(19)21-14(3)15-10-6-5-9-13(15)2/h5-12,14H,4H2,1-3H3. The van der Waals surface area contributed by atoms with Crippen LogP contribution in [0.1, 0.15) is 41.4 Å². The molecule has 110 valence electrons. The average molecular weight is 284 g/mol. The molecule has 1 atom stereocenters. The van der Waals surface area contributed by atoms with Crippen molar-refractivity contribution in [2.24, 2.45) is 0 Å². The van der Waals surface area contributed by atoms with Gasteiger partial charge in [-0.2, -0.15) is 0 Å². The molecule has 0 saturated heterocycles. The van der Waals surface area contributed by atoms with Crippen LogP contribution in [0.25, 0.3) is 0 Å². The Balaban J connectivity index is 2.17. The quantitative estimate of drug-likeness (QED) is 0.767. The highest BCUT2D eigenvalue weighted by Gasteiger charge is 2.18. The number of ether oxygens (including phenoxy) is 2. The van der Waals surface area contributed by atoms with E-state index in [0.29, 0.717) is 17.9 Å². The Morgan fingerprint density at radius 1 is 1.10 bits per heavy atom. The third kappa shape index (κ3) is 3.63. The van der Waals surface area contributed by atoms with E-state index in [-0.39, 0.29) is 12.1 Å². The van der Waals surface area contributed by atoms with Gasteiger partial charge in [-0.15, -0.1) is 0 Å². The SMILES string of the molecule is CCOc1ccccc1C(=O)OC(C)c1ccccc1C. The average Bonchev–Trinajstić information content (AvgIpc) is 2.48. The zero-order valence-electron chi connectivity index (χ0n) is 12.6. The number of hydrogen-bond donors (Lipinski definition) is 0. The van der Waals surface area contributed by atoms with Crippen LogP contribution in [0.2, 0.25) is 0 Å². The fraction of sp³-hybridized carbons (Fsp3) is 0.278. The van der Waals surface area contributed by atoms with Crippen molar-refractivity contribution in [3.63, 3.8) is 0 Å². The molecule has 3 heteroatoms. The smallest absolute Gasteiger partial charge is 0.342 e. The van der Waals surface area contributed by atoms with E-state index in [4.69, 9.17) is 9.47 Å². The first kappa shape index (κ1) is 15.1. The number of hydrogen-bond acceptors (Lipinski definition) is 3. The first-order chi connectivity index (χ1) is 10.1. The molecule has 0 aliphatic carbocycles. The van der Waals surface area contributed by atoms with Crippen LogP contribution in [0.3, 0.4) is 0 Å². The van der Waals surface area contributed by atoms with Gasteiger partial charge in [-0.25, -0.2) is 4.79 Å². The Morgan fingerprint density at radius 2 is 1.76 bits per heavy atom. The number of benzene rings is 2. The third-order valence-electron chi connectivity index (χ3n) is 3.32. The molecule has 0 aliphatic heterocycles. The second-order valence-electron chi connectivity index (χ2n) is 4.83. The minimum atomic E-state index is -0.366. The second-order valence-corrected chi connectivity index (χ2v) is 4.83. The molecule has 0 aromatic heterocycles. The molecule has 3 nitrogen and oxygen atoms in total. The molecule has 0 aliphatic rings. The van der Waals surface area contributed by atoms with E-state index in [1.807, 2.05) is 51.1 Å². The highest BCUT2D eigenvalue weighted by atomic mass is 16.5. The van der Waals surface area contributed by atoms with Crippen LogP contribution < -0.4 is 4.74 Å². The summed E-state index contributed by atoms with van der Waals surface area (Å²) in [6.45, 7) is 6.28. The van der Waals surface area contributed by atoms with Crippen LogP contribution in [-0.2, 0) is 4.74 Å². The maximum Gasteiger partial charge on any atom is 0.342 e. The van der Waals surface area contributed by atoms with E-state index in [9.17, 15) is 4.79 Å². The van der Waals surface area contributed by atoms with E-state index in [1.54, 1.807) is 18.2 Å². The van der Waals surface area contributed by atoms with Gasteiger partial charge in [0.2, 0.25) is 0 Å². The molecule has 2 rings (SSSR count). The predicted molar refractivity (Wildman–Crippen MR) is 82.6 cm³/mol. The first-order valence-corrected chi connectivity index (χ1v) is 7.11. The Morgan fingerprint density at radius 3 is 2.48 bits per heavy atom. The number of carbonyl (C=O) groups is 1. The van der Waals surface area contributed by atoms with Crippen LogP contribution in [-0.4, -0.2) is 12.6 Å². The van der Waals surface area contributed by atoms with Gasteiger partial charge in [-0.05, 0) is 44.0 Å². The van der Waals surface area contributed by atoms with Gasteiger partial charge in [0, 0.05) is 0 Å². The lowest BCUT2D eigenvalue weighted by molar-refractivity contribution is 0.0332. The van der Waals surface area contributed by atoms with Crippen LogP contribution in [0.15, 0.2) is 48.5 Å². The molecule has 0 N–H and O–H groups in total. The number of esters is 1. The van der Waals surface area contributed by atoms with Crippen molar-refractivity contribution < 1.29 is 14.3 Å². The van der Waals surface area contributed by atoms with E-state index >= 15 is 0 Å². The summed E-state index contributed by atoms with van der Waals surface area (Å²) in [4.78, 5) is 12.3. The molecule has 0 heterocycles. The van der Waals surface area contributed by atoms with Crippen molar-refractivity contribution in [3.05, 3.63) is 65.2 Å². The summed E-state index contributed by atoms with van der Waals surface area (Å²) in [5.41, 5.74) is 2.58. The van der Waals surface area contributed by atoms with Crippen molar-refractivity contribution in [1.82, 2.24) is 0 Å². The molecule has 0 spiro atoms. The fourth-order valence-corrected chi connectivity index (χ4v) is 2.25. The number of aryl methyl sites for hydroxylation is 1. The molecular weight excluding hydrogens is 264 g/mol. The molecular formula is C18H20O3. The van der Waals surface area contributed by atoms with Gasteiger partial charge in [0.15, 0.2) is 0 Å². The van der Waals surface area contributed by atoms with Gasteiger partial charge in [-0.3, -0.25) is 0 Å². The number of carbonyl (C=O) groups excluding carboxylic acids is 1. The van der Waals surface area contributed by atoms with E-state index in [1.165, 1.54) is 0 Å². The van der Waals surface area contributed by atoms with Crippen molar-refractivity contribution in [1.29, 1.82) is 0 Å². The van der Waals surface area contributed by atoms with Crippen molar-refractivity contribution in [3.8, 4) is 5.75 Å². The zero-order chi connectivity index (χ0) is 15.2. The van der Waals surface area contributed by atoms with Gasteiger partial charge in [-0.1, -0.05) is 36.4 Å². The predicted octanol–water partition coefficient (Wildman–Crippen LogP) is 4.31. The lowest BCUT2D eigenvalue weighted by Crippen LogP contribution is -2.11. The highest BCUT2D eigenvalue weighted by Crippen LogP contribution is 2.25. The minimum Gasteiger partial charge on any atom is -0.493 e. The zero-order valence-corrected chi connectivity index (χ0v) is 12.6. The second kappa shape index (κ2) is 6.93. The Kier molecular flexibility index (Phi) is 4.99. The van der Waals surface area contributed by atoms with Gasteiger partial charge in [0.25, 0.3) is 0 Å².